The number of likely N-dealkylation sites (N-methyl/N-ethyl adjacent to an activating group) is 1. The molecular weight excluding hydrogens is 190 g/mol. The van der Waals surface area contributed by atoms with Crippen LogP contribution in [0.5, 0.6) is 0 Å². The molecular formula is C12H25NO2. The normalized spacial score (nSPS) is 27.2. The van der Waals surface area contributed by atoms with Crippen LogP contribution < -0.4 is 0 Å². The molecule has 2 atom stereocenters. The fourth-order valence-electron chi connectivity index (χ4n) is 2.49. The fourth-order valence-corrected chi connectivity index (χ4v) is 2.49. The van der Waals surface area contributed by atoms with Gasteiger partial charge in [-0.1, -0.05) is 19.8 Å². The molecule has 1 N–H and O–H groups in total. The quantitative estimate of drug-likeness (QED) is 0.682. The van der Waals surface area contributed by atoms with Crippen LogP contribution in [-0.2, 0) is 4.74 Å². The average Bonchev–Trinajstić information content (AvgIpc) is 2.25. The summed E-state index contributed by atoms with van der Waals surface area (Å²) in [6.45, 7) is 4.67. The molecule has 0 bridgehead atoms. The molecule has 1 aliphatic rings. The van der Waals surface area contributed by atoms with Gasteiger partial charge in [0.05, 0.1) is 19.8 Å². The molecule has 0 heterocycles. The SMILES string of the molecule is CC1CCCCC1N(C)CCOCCO. The third kappa shape index (κ3) is 4.49. The molecule has 0 aromatic rings. The first kappa shape index (κ1) is 12.9. The second kappa shape index (κ2) is 7.20. The van der Waals surface area contributed by atoms with E-state index in [4.69, 9.17) is 9.84 Å². The number of rotatable bonds is 6. The standard InChI is InChI=1S/C12H25NO2/c1-11-5-3-4-6-12(11)13(2)7-9-15-10-8-14/h11-12,14H,3-10H2,1-2H3. The molecule has 0 radical (unpaired) electrons. The van der Waals surface area contributed by atoms with Crippen molar-refractivity contribution in [3.8, 4) is 0 Å². The van der Waals surface area contributed by atoms with Gasteiger partial charge < -0.3 is 14.7 Å². The lowest BCUT2D eigenvalue weighted by atomic mass is 9.85. The molecule has 1 saturated carbocycles. The first-order valence-electron chi connectivity index (χ1n) is 6.14. The van der Waals surface area contributed by atoms with Crippen LogP contribution >= 0.6 is 0 Å². The van der Waals surface area contributed by atoms with E-state index in [0.29, 0.717) is 6.61 Å². The number of aliphatic hydroxyl groups is 1. The van der Waals surface area contributed by atoms with Crippen molar-refractivity contribution in [3.05, 3.63) is 0 Å². The molecule has 0 amide bonds. The van der Waals surface area contributed by atoms with Crippen molar-refractivity contribution in [2.75, 3.05) is 33.4 Å². The van der Waals surface area contributed by atoms with E-state index in [-0.39, 0.29) is 6.61 Å². The maximum atomic E-state index is 8.58. The van der Waals surface area contributed by atoms with Gasteiger partial charge in [-0.15, -0.1) is 0 Å². The minimum atomic E-state index is 0.129. The Hall–Kier alpha value is -0.120. The summed E-state index contributed by atoms with van der Waals surface area (Å²) in [6, 6.07) is 0.733. The highest BCUT2D eigenvalue weighted by Gasteiger charge is 2.24. The first-order valence-corrected chi connectivity index (χ1v) is 6.14. The van der Waals surface area contributed by atoms with Gasteiger partial charge in [0.15, 0.2) is 0 Å². The van der Waals surface area contributed by atoms with Crippen LogP contribution in [0, 0.1) is 5.92 Å². The van der Waals surface area contributed by atoms with Crippen LogP contribution in [0.15, 0.2) is 0 Å². The number of nitrogens with zero attached hydrogens (tertiary/aromatic N) is 1. The first-order chi connectivity index (χ1) is 7.25. The van der Waals surface area contributed by atoms with Crippen LogP contribution in [0.1, 0.15) is 32.6 Å². The van der Waals surface area contributed by atoms with Crippen molar-refractivity contribution in [1.82, 2.24) is 4.90 Å². The highest BCUT2D eigenvalue weighted by atomic mass is 16.5. The molecule has 90 valence electrons. The maximum absolute atomic E-state index is 8.58. The summed E-state index contributed by atoms with van der Waals surface area (Å²) in [5.41, 5.74) is 0. The summed E-state index contributed by atoms with van der Waals surface area (Å²) in [5.74, 6) is 0.821. The Bertz CT molecular complexity index is 164. The van der Waals surface area contributed by atoms with Gasteiger partial charge in [0, 0.05) is 12.6 Å². The minimum absolute atomic E-state index is 0.129. The third-order valence-corrected chi connectivity index (χ3v) is 3.46. The minimum Gasteiger partial charge on any atom is -0.394 e. The molecule has 1 fully saturated rings. The molecule has 15 heavy (non-hydrogen) atoms. The molecule has 0 aromatic heterocycles. The Morgan fingerprint density at radius 3 is 2.67 bits per heavy atom. The van der Waals surface area contributed by atoms with Crippen LogP contribution in [0.3, 0.4) is 0 Å². The number of ether oxygens (including phenoxy) is 1. The maximum Gasteiger partial charge on any atom is 0.0698 e. The number of hydrogen-bond donors (Lipinski definition) is 1. The second-order valence-corrected chi connectivity index (χ2v) is 4.65. The van der Waals surface area contributed by atoms with E-state index in [2.05, 4.69) is 18.9 Å². The largest absolute Gasteiger partial charge is 0.394 e. The summed E-state index contributed by atoms with van der Waals surface area (Å²) in [5, 5.41) is 8.58. The summed E-state index contributed by atoms with van der Waals surface area (Å²) in [7, 11) is 2.19. The van der Waals surface area contributed by atoms with E-state index in [0.717, 1.165) is 25.1 Å². The Kier molecular flexibility index (Phi) is 6.22. The Morgan fingerprint density at radius 1 is 1.27 bits per heavy atom. The van der Waals surface area contributed by atoms with E-state index in [1.165, 1.54) is 25.7 Å². The third-order valence-electron chi connectivity index (χ3n) is 3.46. The number of aliphatic hydroxyl groups excluding tert-OH is 1. The highest BCUT2D eigenvalue weighted by Crippen LogP contribution is 2.26. The van der Waals surface area contributed by atoms with Crippen molar-refractivity contribution in [2.45, 2.75) is 38.6 Å². The van der Waals surface area contributed by atoms with E-state index < -0.39 is 0 Å². The molecule has 3 heteroatoms. The zero-order chi connectivity index (χ0) is 11.1. The lowest BCUT2D eigenvalue weighted by Crippen LogP contribution is -2.40. The van der Waals surface area contributed by atoms with E-state index in [1.807, 2.05) is 0 Å². The van der Waals surface area contributed by atoms with Gasteiger partial charge >= 0.3 is 0 Å². The summed E-state index contributed by atoms with van der Waals surface area (Å²) in [6.07, 6.45) is 5.47. The Labute approximate surface area is 93.4 Å². The van der Waals surface area contributed by atoms with Crippen LogP contribution in [0.25, 0.3) is 0 Å². The lowest BCUT2D eigenvalue weighted by Gasteiger charge is -2.36. The zero-order valence-corrected chi connectivity index (χ0v) is 10.1. The Balaban J connectivity index is 2.16. The van der Waals surface area contributed by atoms with Crippen LogP contribution in [0.2, 0.25) is 0 Å². The highest BCUT2D eigenvalue weighted by molar-refractivity contribution is 4.79. The molecule has 2 unspecified atom stereocenters. The van der Waals surface area contributed by atoms with Gasteiger partial charge in [-0.25, -0.2) is 0 Å². The van der Waals surface area contributed by atoms with Crippen molar-refractivity contribution < 1.29 is 9.84 Å². The van der Waals surface area contributed by atoms with Crippen molar-refractivity contribution in [1.29, 1.82) is 0 Å². The second-order valence-electron chi connectivity index (χ2n) is 4.65. The summed E-state index contributed by atoms with van der Waals surface area (Å²) in [4.78, 5) is 2.42. The molecule has 1 aliphatic carbocycles. The summed E-state index contributed by atoms with van der Waals surface area (Å²) >= 11 is 0. The molecule has 0 spiro atoms. The van der Waals surface area contributed by atoms with Crippen molar-refractivity contribution in [3.63, 3.8) is 0 Å². The van der Waals surface area contributed by atoms with Gasteiger partial charge in [0.2, 0.25) is 0 Å². The zero-order valence-electron chi connectivity index (χ0n) is 10.1. The molecule has 0 aromatic carbocycles. The smallest absolute Gasteiger partial charge is 0.0698 e. The molecule has 0 saturated heterocycles. The number of hydrogen-bond acceptors (Lipinski definition) is 3. The van der Waals surface area contributed by atoms with E-state index >= 15 is 0 Å². The monoisotopic (exact) mass is 215 g/mol. The molecule has 0 aliphatic heterocycles. The topological polar surface area (TPSA) is 32.7 Å². The van der Waals surface area contributed by atoms with Crippen molar-refractivity contribution in [2.24, 2.45) is 5.92 Å². The lowest BCUT2D eigenvalue weighted by molar-refractivity contribution is 0.0563. The van der Waals surface area contributed by atoms with E-state index in [1.54, 1.807) is 0 Å². The van der Waals surface area contributed by atoms with Gasteiger partial charge in [0.25, 0.3) is 0 Å². The van der Waals surface area contributed by atoms with Crippen molar-refractivity contribution >= 4 is 0 Å². The van der Waals surface area contributed by atoms with E-state index in [9.17, 15) is 0 Å². The van der Waals surface area contributed by atoms with Crippen LogP contribution in [-0.4, -0.2) is 49.5 Å². The Morgan fingerprint density at radius 2 is 2.00 bits per heavy atom. The summed E-state index contributed by atoms with van der Waals surface area (Å²) < 4.78 is 5.29. The van der Waals surface area contributed by atoms with Gasteiger partial charge in [-0.05, 0) is 25.8 Å². The van der Waals surface area contributed by atoms with Gasteiger partial charge in [-0.3, -0.25) is 0 Å². The predicted molar refractivity (Wildman–Crippen MR) is 62.0 cm³/mol. The average molecular weight is 215 g/mol. The molecule has 3 nitrogen and oxygen atoms in total. The molecule has 1 rings (SSSR count). The van der Waals surface area contributed by atoms with Gasteiger partial charge in [-0.2, -0.15) is 0 Å². The fraction of sp³-hybridized carbons (Fsp3) is 1.00. The van der Waals surface area contributed by atoms with Crippen LogP contribution in [0.4, 0.5) is 0 Å². The predicted octanol–water partition coefficient (Wildman–Crippen LogP) is 1.51. The van der Waals surface area contributed by atoms with Gasteiger partial charge in [0.1, 0.15) is 0 Å².